The van der Waals surface area contributed by atoms with Crippen molar-refractivity contribution in [2.75, 3.05) is 0 Å². The van der Waals surface area contributed by atoms with Gasteiger partial charge in [0.15, 0.2) is 18.2 Å². The van der Waals surface area contributed by atoms with E-state index in [9.17, 15) is 4.79 Å². The molecule has 0 aliphatic rings. The van der Waals surface area contributed by atoms with Crippen LogP contribution in [0.15, 0.2) is 16.7 Å². The summed E-state index contributed by atoms with van der Waals surface area (Å²) < 4.78 is 10.3. The van der Waals surface area contributed by atoms with Gasteiger partial charge in [0.05, 0.1) is 5.02 Å². The second-order valence-electron chi connectivity index (χ2n) is 3.82. The zero-order valence-corrected chi connectivity index (χ0v) is 11.9. The Hall–Kier alpha value is -1.79. The van der Waals surface area contributed by atoms with E-state index in [1.165, 1.54) is 12.1 Å². The lowest BCUT2D eigenvalue weighted by atomic mass is 10.2. The predicted molar refractivity (Wildman–Crippen MR) is 71.4 cm³/mol. The van der Waals surface area contributed by atoms with Crippen LogP contribution in [0.5, 0.6) is 5.75 Å². The van der Waals surface area contributed by atoms with Crippen LogP contribution >= 0.6 is 23.2 Å². The number of carboxylic acids is 1. The molecular weight excluding hydrogens is 307 g/mol. The lowest BCUT2D eigenvalue weighted by molar-refractivity contribution is 0.0691. The summed E-state index contributed by atoms with van der Waals surface area (Å²) in [5.74, 6) is -0.391. The number of benzene rings is 1. The largest absolute Gasteiger partial charge is 0.481 e. The number of carboxylic acid groups (broad SMARTS) is 1. The Morgan fingerprint density at radius 3 is 2.80 bits per heavy atom. The van der Waals surface area contributed by atoms with E-state index in [-0.39, 0.29) is 33.9 Å². The van der Waals surface area contributed by atoms with Gasteiger partial charge in [0, 0.05) is 11.4 Å². The predicted octanol–water partition coefficient (Wildman–Crippen LogP) is 3.22. The van der Waals surface area contributed by atoms with Gasteiger partial charge in [-0.25, -0.2) is 4.79 Å². The highest BCUT2D eigenvalue weighted by Gasteiger charge is 2.17. The molecule has 1 aromatic heterocycles. The van der Waals surface area contributed by atoms with Crippen LogP contribution in [0.25, 0.3) is 0 Å². The van der Waals surface area contributed by atoms with Crippen LogP contribution < -0.4 is 4.74 Å². The first kappa shape index (κ1) is 14.6. The van der Waals surface area contributed by atoms with E-state index in [1.54, 1.807) is 0 Å². The van der Waals surface area contributed by atoms with Crippen molar-refractivity contribution >= 4 is 29.2 Å². The van der Waals surface area contributed by atoms with Gasteiger partial charge in [-0.15, -0.1) is 0 Å². The molecule has 0 bridgehead atoms. The zero-order chi connectivity index (χ0) is 14.7. The van der Waals surface area contributed by atoms with E-state index >= 15 is 0 Å². The highest BCUT2D eigenvalue weighted by Crippen LogP contribution is 2.33. The third-order valence-electron chi connectivity index (χ3n) is 2.41. The molecule has 0 saturated heterocycles. The number of hydrogen-bond acceptors (Lipinski definition) is 5. The first-order valence-electron chi connectivity index (χ1n) is 5.67. The summed E-state index contributed by atoms with van der Waals surface area (Å²) >= 11 is 11.7. The van der Waals surface area contributed by atoms with Gasteiger partial charge in [0.2, 0.25) is 0 Å². The number of hydrogen-bond donors (Lipinski definition) is 1. The molecule has 2 rings (SSSR count). The van der Waals surface area contributed by atoms with E-state index in [1.807, 2.05) is 6.92 Å². The van der Waals surface area contributed by atoms with Gasteiger partial charge < -0.3 is 14.4 Å². The van der Waals surface area contributed by atoms with Crippen molar-refractivity contribution < 1.29 is 19.2 Å². The molecule has 8 heteroatoms. The standard InChI is InChI=1S/C12H10Cl2N2O4/c1-2-9-15-10(20-16-9)5-19-11-7(12(17)18)3-6(13)4-8(11)14/h3-4H,2,5H2,1H3,(H,17,18). The zero-order valence-electron chi connectivity index (χ0n) is 10.4. The van der Waals surface area contributed by atoms with Crippen molar-refractivity contribution in [1.82, 2.24) is 10.1 Å². The van der Waals surface area contributed by atoms with Crippen molar-refractivity contribution in [2.45, 2.75) is 20.0 Å². The Bertz CT molecular complexity index is 642. The van der Waals surface area contributed by atoms with E-state index in [0.29, 0.717) is 12.2 Å². The van der Waals surface area contributed by atoms with Gasteiger partial charge in [0.1, 0.15) is 5.56 Å². The average Bonchev–Trinajstić information content (AvgIpc) is 2.84. The number of rotatable bonds is 5. The van der Waals surface area contributed by atoms with Gasteiger partial charge in [0.25, 0.3) is 5.89 Å². The van der Waals surface area contributed by atoms with Crippen molar-refractivity contribution in [3.05, 3.63) is 39.5 Å². The summed E-state index contributed by atoms with van der Waals surface area (Å²) in [4.78, 5) is 15.2. The smallest absolute Gasteiger partial charge is 0.339 e. The van der Waals surface area contributed by atoms with Gasteiger partial charge in [-0.05, 0) is 12.1 Å². The van der Waals surface area contributed by atoms with Crippen LogP contribution in [0, 0.1) is 0 Å². The fraction of sp³-hybridized carbons (Fsp3) is 0.250. The van der Waals surface area contributed by atoms with E-state index in [2.05, 4.69) is 10.1 Å². The number of halogens is 2. The molecule has 1 N–H and O–H groups in total. The quantitative estimate of drug-likeness (QED) is 0.911. The summed E-state index contributed by atoms with van der Waals surface area (Å²) in [6, 6.07) is 2.66. The minimum absolute atomic E-state index is 0.0137. The van der Waals surface area contributed by atoms with Crippen LogP contribution in [-0.4, -0.2) is 21.2 Å². The number of aromatic carboxylic acids is 1. The van der Waals surface area contributed by atoms with E-state index in [4.69, 9.17) is 37.6 Å². The van der Waals surface area contributed by atoms with Crippen LogP contribution in [-0.2, 0) is 13.0 Å². The molecule has 106 valence electrons. The SMILES string of the molecule is CCc1noc(COc2c(Cl)cc(Cl)cc2C(=O)O)n1. The number of aromatic nitrogens is 2. The van der Waals surface area contributed by atoms with Crippen LogP contribution in [0.1, 0.15) is 29.0 Å². The summed E-state index contributed by atoms with van der Waals surface area (Å²) in [7, 11) is 0. The number of aryl methyl sites for hydroxylation is 1. The molecule has 0 aliphatic heterocycles. The van der Waals surface area contributed by atoms with E-state index in [0.717, 1.165) is 0 Å². The molecule has 20 heavy (non-hydrogen) atoms. The Morgan fingerprint density at radius 1 is 1.45 bits per heavy atom. The monoisotopic (exact) mass is 316 g/mol. The Labute approximate surface area is 124 Å². The highest BCUT2D eigenvalue weighted by molar-refractivity contribution is 6.36. The second kappa shape index (κ2) is 6.11. The Kier molecular flexibility index (Phi) is 4.46. The average molecular weight is 317 g/mol. The van der Waals surface area contributed by atoms with Gasteiger partial charge in [-0.1, -0.05) is 35.3 Å². The van der Waals surface area contributed by atoms with Gasteiger partial charge in [-0.2, -0.15) is 4.98 Å². The van der Waals surface area contributed by atoms with Crippen molar-refractivity contribution in [3.63, 3.8) is 0 Å². The lowest BCUT2D eigenvalue weighted by Crippen LogP contribution is -2.04. The molecule has 0 atom stereocenters. The summed E-state index contributed by atoms with van der Waals surface area (Å²) in [5.41, 5.74) is -0.127. The molecule has 0 spiro atoms. The molecule has 2 aromatic rings. The van der Waals surface area contributed by atoms with Gasteiger partial charge >= 0.3 is 5.97 Å². The fourth-order valence-electron chi connectivity index (χ4n) is 1.49. The molecule has 0 unspecified atom stereocenters. The fourth-order valence-corrected chi connectivity index (χ4v) is 2.04. The molecule has 0 radical (unpaired) electrons. The minimum Gasteiger partial charge on any atom is -0.481 e. The maximum absolute atomic E-state index is 11.1. The van der Waals surface area contributed by atoms with Crippen LogP contribution in [0.3, 0.4) is 0 Å². The maximum atomic E-state index is 11.1. The molecule has 0 saturated carbocycles. The Morgan fingerprint density at radius 2 is 2.20 bits per heavy atom. The normalized spacial score (nSPS) is 10.6. The third kappa shape index (κ3) is 3.20. The second-order valence-corrected chi connectivity index (χ2v) is 4.66. The van der Waals surface area contributed by atoms with Crippen LogP contribution in [0.2, 0.25) is 10.0 Å². The van der Waals surface area contributed by atoms with Crippen molar-refractivity contribution in [2.24, 2.45) is 0 Å². The molecule has 1 aromatic carbocycles. The highest BCUT2D eigenvalue weighted by atomic mass is 35.5. The van der Waals surface area contributed by atoms with Crippen molar-refractivity contribution in [1.29, 1.82) is 0 Å². The van der Waals surface area contributed by atoms with Crippen molar-refractivity contribution in [3.8, 4) is 5.75 Å². The topological polar surface area (TPSA) is 85.5 Å². The number of carbonyl (C=O) groups is 1. The van der Waals surface area contributed by atoms with Crippen LogP contribution in [0.4, 0.5) is 0 Å². The molecule has 1 heterocycles. The molecule has 0 fully saturated rings. The first-order valence-corrected chi connectivity index (χ1v) is 6.43. The molecular formula is C12H10Cl2N2O4. The lowest BCUT2D eigenvalue weighted by Gasteiger charge is -2.09. The number of nitrogens with zero attached hydrogens (tertiary/aromatic N) is 2. The minimum atomic E-state index is -1.19. The first-order chi connectivity index (χ1) is 9.51. The summed E-state index contributed by atoms with van der Waals surface area (Å²) in [6.45, 7) is 1.81. The Balaban J connectivity index is 2.22. The number of ether oxygens (including phenoxy) is 1. The summed E-state index contributed by atoms with van der Waals surface area (Å²) in [5, 5.41) is 13.1. The maximum Gasteiger partial charge on any atom is 0.339 e. The van der Waals surface area contributed by atoms with Gasteiger partial charge in [-0.3, -0.25) is 0 Å². The molecule has 0 amide bonds. The third-order valence-corrected chi connectivity index (χ3v) is 2.90. The van der Waals surface area contributed by atoms with E-state index < -0.39 is 5.97 Å². The summed E-state index contributed by atoms with van der Waals surface area (Å²) in [6.07, 6.45) is 0.631. The molecule has 6 nitrogen and oxygen atoms in total. The molecule has 0 aliphatic carbocycles.